The van der Waals surface area contributed by atoms with Crippen LogP contribution < -0.4 is 5.73 Å². The SMILES string of the molecule is CCN(CC)C(=O)CN(C)C(=O)C[C@@H]1CCC[C@H]1N.Cl. The van der Waals surface area contributed by atoms with Crippen molar-refractivity contribution in [1.82, 2.24) is 9.80 Å². The Labute approximate surface area is 128 Å². The van der Waals surface area contributed by atoms with Gasteiger partial charge in [-0.05, 0) is 32.6 Å². The molecule has 0 radical (unpaired) electrons. The van der Waals surface area contributed by atoms with E-state index >= 15 is 0 Å². The van der Waals surface area contributed by atoms with Crippen LogP contribution in [0.1, 0.15) is 39.5 Å². The van der Waals surface area contributed by atoms with Gasteiger partial charge in [0.25, 0.3) is 0 Å². The molecule has 0 aromatic heterocycles. The summed E-state index contributed by atoms with van der Waals surface area (Å²) in [6.07, 6.45) is 3.63. The van der Waals surface area contributed by atoms with Gasteiger partial charge in [0.1, 0.15) is 0 Å². The van der Waals surface area contributed by atoms with Crippen molar-refractivity contribution >= 4 is 24.2 Å². The highest BCUT2D eigenvalue weighted by Gasteiger charge is 2.27. The first-order valence-corrected chi connectivity index (χ1v) is 7.26. The zero-order chi connectivity index (χ0) is 14.4. The first-order valence-electron chi connectivity index (χ1n) is 7.26. The average molecular weight is 306 g/mol. The first-order chi connectivity index (χ1) is 8.99. The van der Waals surface area contributed by atoms with Gasteiger partial charge >= 0.3 is 0 Å². The Hall–Kier alpha value is -0.810. The number of nitrogens with zero attached hydrogens (tertiary/aromatic N) is 2. The van der Waals surface area contributed by atoms with Crippen LogP contribution in [0.4, 0.5) is 0 Å². The van der Waals surface area contributed by atoms with Crippen molar-refractivity contribution in [2.24, 2.45) is 11.7 Å². The van der Waals surface area contributed by atoms with Crippen LogP contribution in [0.5, 0.6) is 0 Å². The lowest BCUT2D eigenvalue weighted by molar-refractivity contribution is -0.139. The number of carbonyl (C=O) groups is 2. The third kappa shape index (κ3) is 5.29. The highest BCUT2D eigenvalue weighted by atomic mass is 35.5. The van der Waals surface area contributed by atoms with Crippen molar-refractivity contribution in [1.29, 1.82) is 0 Å². The van der Waals surface area contributed by atoms with E-state index < -0.39 is 0 Å². The van der Waals surface area contributed by atoms with Gasteiger partial charge in [-0.25, -0.2) is 0 Å². The molecule has 5 nitrogen and oxygen atoms in total. The van der Waals surface area contributed by atoms with E-state index in [1.54, 1.807) is 11.9 Å². The number of rotatable bonds is 6. The Morgan fingerprint density at radius 3 is 2.20 bits per heavy atom. The molecule has 0 aromatic rings. The fourth-order valence-corrected chi connectivity index (χ4v) is 2.67. The predicted molar refractivity (Wildman–Crippen MR) is 82.7 cm³/mol. The molecule has 1 saturated carbocycles. The van der Waals surface area contributed by atoms with Gasteiger partial charge in [0.2, 0.25) is 11.8 Å². The molecule has 1 aliphatic carbocycles. The molecule has 6 heteroatoms. The summed E-state index contributed by atoms with van der Waals surface area (Å²) in [6.45, 7) is 5.43. The second-order valence-corrected chi connectivity index (χ2v) is 5.37. The fraction of sp³-hybridized carbons (Fsp3) is 0.857. The first kappa shape index (κ1) is 19.2. The molecular weight excluding hydrogens is 278 g/mol. The topological polar surface area (TPSA) is 66.6 Å². The summed E-state index contributed by atoms with van der Waals surface area (Å²) in [4.78, 5) is 27.3. The van der Waals surface area contributed by atoms with Crippen LogP contribution >= 0.6 is 12.4 Å². The molecule has 20 heavy (non-hydrogen) atoms. The second kappa shape index (κ2) is 9.19. The maximum atomic E-state index is 12.1. The van der Waals surface area contributed by atoms with Gasteiger partial charge in [0.05, 0.1) is 6.54 Å². The van der Waals surface area contributed by atoms with Gasteiger partial charge in [-0.2, -0.15) is 0 Å². The largest absolute Gasteiger partial charge is 0.342 e. The number of hydrogen-bond acceptors (Lipinski definition) is 3. The molecular formula is C14H28ClN3O2. The molecule has 1 fully saturated rings. The van der Waals surface area contributed by atoms with Crippen molar-refractivity contribution in [3.05, 3.63) is 0 Å². The third-order valence-electron chi connectivity index (χ3n) is 4.07. The van der Waals surface area contributed by atoms with Gasteiger partial charge in [0, 0.05) is 32.6 Å². The van der Waals surface area contributed by atoms with Crippen LogP contribution in [0.25, 0.3) is 0 Å². The Bertz CT molecular complexity index is 322. The van der Waals surface area contributed by atoms with Crippen molar-refractivity contribution < 1.29 is 9.59 Å². The smallest absolute Gasteiger partial charge is 0.242 e. The summed E-state index contributed by atoms with van der Waals surface area (Å²) in [6, 6.07) is 0.149. The van der Waals surface area contributed by atoms with Crippen LogP contribution in [-0.2, 0) is 9.59 Å². The Kier molecular flexibility index (Phi) is 8.81. The molecule has 0 aliphatic heterocycles. The molecule has 0 saturated heterocycles. The van der Waals surface area contributed by atoms with E-state index in [9.17, 15) is 9.59 Å². The molecule has 0 bridgehead atoms. The van der Waals surface area contributed by atoms with E-state index in [2.05, 4.69) is 0 Å². The second-order valence-electron chi connectivity index (χ2n) is 5.37. The van der Waals surface area contributed by atoms with Gasteiger partial charge < -0.3 is 15.5 Å². The van der Waals surface area contributed by atoms with Crippen LogP contribution in [0.3, 0.4) is 0 Å². The van der Waals surface area contributed by atoms with E-state index in [4.69, 9.17) is 5.73 Å². The zero-order valence-corrected chi connectivity index (χ0v) is 13.6. The molecule has 0 aromatic carbocycles. The quantitative estimate of drug-likeness (QED) is 0.803. The number of carbonyl (C=O) groups excluding carboxylic acids is 2. The lowest BCUT2D eigenvalue weighted by atomic mass is 9.99. The minimum Gasteiger partial charge on any atom is -0.342 e. The van der Waals surface area contributed by atoms with Crippen LogP contribution in [0.2, 0.25) is 0 Å². The summed E-state index contributed by atoms with van der Waals surface area (Å²) in [5.41, 5.74) is 5.97. The fourth-order valence-electron chi connectivity index (χ4n) is 2.67. The van der Waals surface area contributed by atoms with E-state index in [0.717, 1.165) is 19.3 Å². The standard InChI is InChI=1S/C14H27N3O2.ClH/c1-4-17(5-2)14(19)10-16(3)13(18)9-11-7-6-8-12(11)15;/h11-12H,4-10,15H2,1-3H3;1H/t11-,12+;/m0./s1. The van der Waals surface area contributed by atoms with Gasteiger partial charge in [-0.3, -0.25) is 9.59 Å². The van der Waals surface area contributed by atoms with E-state index in [-0.39, 0.29) is 36.8 Å². The molecule has 1 rings (SSSR count). The Morgan fingerprint density at radius 1 is 1.15 bits per heavy atom. The summed E-state index contributed by atoms with van der Waals surface area (Å²) in [5.74, 6) is 0.331. The maximum Gasteiger partial charge on any atom is 0.242 e. The van der Waals surface area contributed by atoms with E-state index in [1.165, 1.54) is 4.90 Å². The zero-order valence-electron chi connectivity index (χ0n) is 12.8. The molecule has 2 N–H and O–H groups in total. The molecule has 0 heterocycles. The van der Waals surface area contributed by atoms with Crippen LogP contribution in [0.15, 0.2) is 0 Å². The summed E-state index contributed by atoms with van der Waals surface area (Å²) in [5, 5.41) is 0. The summed E-state index contributed by atoms with van der Waals surface area (Å²) >= 11 is 0. The highest BCUT2D eigenvalue weighted by molar-refractivity contribution is 5.85. The van der Waals surface area contributed by atoms with Crippen LogP contribution in [-0.4, -0.2) is 54.3 Å². The molecule has 1 aliphatic rings. The minimum atomic E-state index is 0. The number of halogens is 1. The molecule has 0 unspecified atom stereocenters. The number of likely N-dealkylation sites (N-methyl/N-ethyl adjacent to an activating group) is 2. The number of hydrogen-bond donors (Lipinski definition) is 1. The molecule has 2 atom stereocenters. The summed E-state index contributed by atoms with van der Waals surface area (Å²) < 4.78 is 0. The van der Waals surface area contributed by atoms with E-state index in [0.29, 0.717) is 25.4 Å². The molecule has 118 valence electrons. The minimum absolute atomic E-state index is 0. The third-order valence-corrected chi connectivity index (χ3v) is 4.07. The van der Waals surface area contributed by atoms with Crippen molar-refractivity contribution in [2.75, 3.05) is 26.7 Å². The molecule has 0 spiro atoms. The Balaban J connectivity index is 0.00000361. The lowest BCUT2D eigenvalue weighted by Gasteiger charge is -2.24. The van der Waals surface area contributed by atoms with E-state index in [1.807, 2.05) is 13.8 Å². The van der Waals surface area contributed by atoms with Crippen LogP contribution in [0, 0.1) is 5.92 Å². The summed E-state index contributed by atoms with van der Waals surface area (Å²) in [7, 11) is 1.70. The van der Waals surface area contributed by atoms with Crippen molar-refractivity contribution in [2.45, 2.75) is 45.6 Å². The van der Waals surface area contributed by atoms with Gasteiger partial charge in [-0.1, -0.05) is 6.42 Å². The highest BCUT2D eigenvalue weighted by Crippen LogP contribution is 2.27. The molecule has 2 amide bonds. The number of nitrogens with two attached hydrogens (primary N) is 1. The van der Waals surface area contributed by atoms with Crippen molar-refractivity contribution in [3.8, 4) is 0 Å². The van der Waals surface area contributed by atoms with Gasteiger partial charge in [-0.15, -0.1) is 12.4 Å². The van der Waals surface area contributed by atoms with Gasteiger partial charge in [0.15, 0.2) is 0 Å². The average Bonchev–Trinajstić information content (AvgIpc) is 2.76. The number of amides is 2. The normalized spacial score (nSPS) is 21.2. The van der Waals surface area contributed by atoms with Crippen molar-refractivity contribution in [3.63, 3.8) is 0 Å². The monoisotopic (exact) mass is 305 g/mol. The maximum absolute atomic E-state index is 12.1. The Morgan fingerprint density at radius 2 is 1.75 bits per heavy atom. The lowest BCUT2D eigenvalue weighted by Crippen LogP contribution is -2.42. The predicted octanol–water partition coefficient (Wildman–Crippen LogP) is 1.25.